The minimum atomic E-state index is -0.569. The van der Waals surface area contributed by atoms with Crippen molar-refractivity contribution in [1.29, 1.82) is 0 Å². The SMILES string of the molecule is CCN(C)CCN(C)C1=NC(N=C2CCCC=C2C)N=C(Nc2cc(-c3ccc(Cl)c(Cl)c3)[nH]n2)N1. The van der Waals surface area contributed by atoms with Crippen molar-refractivity contribution < 1.29 is 0 Å². The highest BCUT2D eigenvalue weighted by molar-refractivity contribution is 6.42. The Bertz CT molecular complexity index is 1200. The molecule has 0 saturated carbocycles. The van der Waals surface area contributed by atoms with Gasteiger partial charge in [-0.25, -0.2) is 15.0 Å². The van der Waals surface area contributed by atoms with Crippen molar-refractivity contribution in [3.05, 3.63) is 46.0 Å². The van der Waals surface area contributed by atoms with Crippen LogP contribution < -0.4 is 10.6 Å². The number of hydrogen-bond donors (Lipinski definition) is 3. The molecule has 36 heavy (non-hydrogen) atoms. The van der Waals surface area contributed by atoms with Gasteiger partial charge in [-0.1, -0.05) is 42.3 Å². The number of aliphatic imine (C=N–C) groups is 3. The van der Waals surface area contributed by atoms with Gasteiger partial charge < -0.3 is 15.1 Å². The van der Waals surface area contributed by atoms with Crippen LogP contribution in [0.1, 0.15) is 33.1 Å². The first-order chi connectivity index (χ1) is 17.3. The molecule has 1 atom stereocenters. The van der Waals surface area contributed by atoms with E-state index in [1.165, 1.54) is 5.57 Å². The zero-order chi connectivity index (χ0) is 25.7. The van der Waals surface area contributed by atoms with Crippen molar-refractivity contribution >= 4 is 46.7 Å². The fraction of sp³-hybridized carbons (Fsp3) is 0.440. The molecule has 0 spiro atoms. The molecule has 9 nitrogen and oxygen atoms in total. The van der Waals surface area contributed by atoms with Gasteiger partial charge in [-0.2, -0.15) is 5.10 Å². The van der Waals surface area contributed by atoms with Crippen LogP contribution >= 0.6 is 23.2 Å². The summed E-state index contributed by atoms with van der Waals surface area (Å²) in [5.41, 5.74) is 3.96. The maximum absolute atomic E-state index is 6.18. The first-order valence-corrected chi connectivity index (χ1v) is 12.9. The van der Waals surface area contributed by atoms with Crippen molar-refractivity contribution in [2.75, 3.05) is 39.0 Å². The van der Waals surface area contributed by atoms with Crippen LogP contribution in [-0.2, 0) is 0 Å². The number of H-pyrrole nitrogens is 1. The van der Waals surface area contributed by atoms with Gasteiger partial charge in [0.05, 0.1) is 15.7 Å². The van der Waals surface area contributed by atoms with E-state index < -0.39 is 6.29 Å². The number of nitrogens with one attached hydrogen (secondary N) is 3. The Kier molecular flexibility index (Phi) is 8.66. The third-order valence-electron chi connectivity index (χ3n) is 6.28. The molecule has 1 aliphatic heterocycles. The van der Waals surface area contributed by atoms with Crippen LogP contribution in [0.25, 0.3) is 11.3 Å². The Morgan fingerprint density at radius 1 is 1.14 bits per heavy atom. The van der Waals surface area contributed by atoms with Gasteiger partial charge >= 0.3 is 0 Å². The number of guanidine groups is 2. The third-order valence-corrected chi connectivity index (χ3v) is 7.02. The summed E-state index contributed by atoms with van der Waals surface area (Å²) in [5, 5.41) is 15.0. The van der Waals surface area contributed by atoms with Crippen LogP contribution in [0.3, 0.4) is 0 Å². The third kappa shape index (κ3) is 6.66. The van der Waals surface area contributed by atoms with Crippen LogP contribution in [0.4, 0.5) is 5.82 Å². The van der Waals surface area contributed by atoms with E-state index in [4.69, 9.17) is 38.2 Å². The minimum Gasteiger partial charge on any atom is -0.344 e. The van der Waals surface area contributed by atoms with Gasteiger partial charge in [0, 0.05) is 37.5 Å². The predicted octanol–water partition coefficient (Wildman–Crippen LogP) is 4.85. The second-order valence-electron chi connectivity index (χ2n) is 9.00. The summed E-state index contributed by atoms with van der Waals surface area (Å²) in [5.74, 6) is 1.86. The summed E-state index contributed by atoms with van der Waals surface area (Å²) in [7, 11) is 4.12. The van der Waals surface area contributed by atoms with Crippen LogP contribution in [0.15, 0.2) is 50.9 Å². The largest absolute Gasteiger partial charge is 0.344 e. The quantitative estimate of drug-likeness (QED) is 0.476. The highest BCUT2D eigenvalue weighted by atomic mass is 35.5. The molecule has 1 aromatic heterocycles. The molecule has 0 bridgehead atoms. The van der Waals surface area contributed by atoms with Gasteiger partial charge in [-0.3, -0.25) is 10.4 Å². The summed E-state index contributed by atoms with van der Waals surface area (Å²) >= 11 is 12.2. The number of benzene rings is 1. The number of rotatable bonds is 7. The zero-order valence-corrected chi connectivity index (χ0v) is 22.7. The van der Waals surface area contributed by atoms with Gasteiger partial charge in [0.15, 0.2) is 5.82 Å². The molecule has 2 aliphatic rings. The summed E-state index contributed by atoms with van der Waals surface area (Å²) in [6.07, 6.45) is 4.80. The van der Waals surface area contributed by atoms with Crippen LogP contribution in [-0.4, -0.2) is 77.6 Å². The van der Waals surface area contributed by atoms with Crippen molar-refractivity contribution in [2.24, 2.45) is 15.0 Å². The Balaban J connectivity index is 1.55. The molecule has 1 aromatic carbocycles. The molecule has 3 N–H and O–H groups in total. The predicted molar refractivity (Wildman–Crippen MR) is 150 cm³/mol. The van der Waals surface area contributed by atoms with Crippen LogP contribution in [0.5, 0.6) is 0 Å². The van der Waals surface area contributed by atoms with Gasteiger partial charge in [-0.05, 0) is 57.5 Å². The first kappa shape index (κ1) is 26.2. The number of aromatic amines is 1. The number of halogens is 2. The molecule has 2 heterocycles. The first-order valence-electron chi connectivity index (χ1n) is 12.2. The lowest BCUT2D eigenvalue weighted by atomic mass is 9.99. The maximum Gasteiger partial charge on any atom is 0.240 e. The molecule has 1 aliphatic carbocycles. The minimum absolute atomic E-state index is 0.489. The van der Waals surface area contributed by atoms with Crippen molar-refractivity contribution in [3.63, 3.8) is 0 Å². The molecule has 192 valence electrons. The van der Waals surface area contributed by atoms with E-state index in [9.17, 15) is 0 Å². The van der Waals surface area contributed by atoms with Gasteiger partial charge in [0.25, 0.3) is 0 Å². The Morgan fingerprint density at radius 2 is 1.97 bits per heavy atom. The normalized spacial score (nSPS) is 19.0. The standard InChI is InChI=1S/C25H33Cl2N9/c1-5-35(3)12-13-36(4)25-31-23(28-20-9-7-6-8-16(20)2)30-24(32-25)29-22-15-21(33-34-22)17-10-11-18(26)19(27)14-17/h8,10-11,14-15,23H,5-7,9,12-13H2,1-4H3,(H3,29,30,31,32,33,34). The smallest absolute Gasteiger partial charge is 0.240 e. The summed E-state index contributed by atoms with van der Waals surface area (Å²) < 4.78 is 0. The summed E-state index contributed by atoms with van der Waals surface area (Å²) in [4.78, 5) is 18.7. The second kappa shape index (κ2) is 11.9. The molecule has 4 rings (SSSR count). The average molecular weight is 531 g/mol. The number of nitrogens with zero attached hydrogens (tertiary/aromatic N) is 6. The van der Waals surface area contributed by atoms with E-state index in [0.717, 1.165) is 55.9 Å². The zero-order valence-electron chi connectivity index (χ0n) is 21.1. The molecule has 0 fully saturated rings. The lowest BCUT2D eigenvalue weighted by molar-refractivity contribution is 0.315. The van der Waals surface area contributed by atoms with Crippen LogP contribution in [0.2, 0.25) is 10.0 Å². The molecule has 11 heteroatoms. The number of anilines is 1. The fourth-order valence-electron chi connectivity index (χ4n) is 3.85. The van der Waals surface area contributed by atoms with E-state index in [0.29, 0.717) is 27.8 Å². The number of hydrogen-bond acceptors (Lipinski definition) is 8. The molecule has 1 unspecified atom stereocenters. The number of likely N-dealkylation sites (N-methyl/N-ethyl adjacent to an activating group) is 2. The van der Waals surface area contributed by atoms with Crippen molar-refractivity contribution in [3.8, 4) is 11.3 Å². The lowest BCUT2D eigenvalue weighted by Crippen LogP contribution is -2.49. The Hall–Kier alpha value is -2.88. The molecular formula is C25H33Cl2N9. The fourth-order valence-corrected chi connectivity index (χ4v) is 4.15. The number of aromatic nitrogens is 2. The number of allylic oxidation sites excluding steroid dienone is 2. The van der Waals surface area contributed by atoms with Gasteiger partial charge in [0.1, 0.15) is 0 Å². The Labute approximate surface area is 222 Å². The van der Waals surface area contributed by atoms with E-state index in [1.807, 2.05) is 19.2 Å². The van der Waals surface area contributed by atoms with Crippen molar-refractivity contribution in [1.82, 2.24) is 25.3 Å². The summed E-state index contributed by atoms with van der Waals surface area (Å²) in [6.45, 7) is 6.97. The van der Waals surface area contributed by atoms with Crippen LogP contribution in [0, 0.1) is 0 Å². The molecule has 0 radical (unpaired) electrons. The topological polar surface area (TPSA) is 96.3 Å². The lowest BCUT2D eigenvalue weighted by Gasteiger charge is -2.28. The molecule has 2 aromatic rings. The van der Waals surface area contributed by atoms with Crippen molar-refractivity contribution in [2.45, 2.75) is 39.4 Å². The molecule has 0 saturated heterocycles. The molecule has 0 amide bonds. The van der Waals surface area contributed by atoms with E-state index in [1.54, 1.807) is 12.1 Å². The van der Waals surface area contributed by atoms with E-state index >= 15 is 0 Å². The van der Waals surface area contributed by atoms with Gasteiger partial charge in [0.2, 0.25) is 18.2 Å². The highest BCUT2D eigenvalue weighted by Gasteiger charge is 2.21. The summed E-state index contributed by atoms with van der Waals surface area (Å²) in [6, 6.07) is 7.35. The second-order valence-corrected chi connectivity index (χ2v) is 9.81. The van der Waals surface area contributed by atoms with Gasteiger partial charge in [-0.15, -0.1) is 0 Å². The maximum atomic E-state index is 6.18. The highest BCUT2D eigenvalue weighted by Crippen LogP contribution is 2.28. The Morgan fingerprint density at radius 3 is 2.72 bits per heavy atom. The monoisotopic (exact) mass is 529 g/mol. The average Bonchev–Trinajstić information content (AvgIpc) is 3.33. The molecular weight excluding hydrogens is 497 g/mol. The van der Waals surface area contributed by atoms with E-state index in [-0.39, 0.29) is 0 Å². The van der Waals surface area contributed by atoms with E-state index in [2.05, 4.69) is 57.6 Å².